The minimum atomic E-state index is 1.08. The molecule has 3 aromatic rings. The molecular formula is C19H16. The fourth-order valence-corrected chi connectivity index (χ4v) is 3.31. The van der Waals surface area contributed by atoms with Crippen molar-refractivity contribution in [2.24, 2.45) is 0 Å². The summed E-state index contributed by atoms with van der Waals surface area (Å²) in [5.41, 5.74) is 8.74. The molecule has 3 aromatic carbocycles. The molecule has 0 amide bonds. The maximum absolute atomic E-state index is 2.29. The molecule has 0 aromatic heterocycles. The Morgan fingerprint density at radius 2 is 1.47 bits per heavy atom. The second kappa shape index (κ2) is 3.71. The van der Waals surface area contributed by atoms with Crippen LogP contribution in [0, 0.1) is 13.8 Å². The SMILES string of the molecule is Cc1ccc2c(c1C)Cc1c-2ccc2ccccc12. The summed E-state index contributed by atoms with van der Waals surface area (Å²) in [6.07, 6.45) is 1.08. The van der Waals surface area contributed by atoms with E-state index in [-0.39, 0.29) is 0 Å². The second-order valence-corrected chi connectivity index (χ2v) is 5.52. The second-order valence-electron chi connectivity index (χ2n) is 5.52. The largest absolute Gasteiger partial charge is 0.0616 e. The molecule has 0 nitrogen and oxygen atoms in total. The maximum atomic E-state index is 2.29. The molecule has 1 aliphatic rings. The van der Waals surface area contributed by atoms with E-state index in [2.05, 4.69) is 62.4 Å². The van der Waals surface area contributed by atoms with Crippen molar-refractivity contribution < 1.29 is 0 Å². The number of aryl methyl sites for hydroxylation is 1. The van der Waals surface area contributed by atoms with Gasteiger partial charge in [0, 0.05) is 0 Å². The zero-order chi connectivity index (χ0) is 13.0. The van der Waals surface area contributed by atoms with Crippen LogP contribution in [-0.2, 0) is 6.42 Å². The van der Waals surface area contributed by atoms with Crippen LogP contribution in [0.25, 0.3) is 21.9 Å². The molecule has 0 heteroatoms. The minimum absolute atomic E-state index is 1.08. The van der Waals surface area contributed by atoms with Crippen molar-refractivity contribution in [1.29, 1.82) is 0 Å². The van der Waals surface area contributed by atoms with Crippen LogP contribution in [-0.4, -0.2) is 0 Å². The highest BCUT2D eigenvalue weighted by Crippen LogP contribution is 2.42. The summed E-state index contributed by atoms with van der Waals surface area (Å²) >= 11 is 0. The van der Waals surface area contributed by atoms with E-state index in [0.29, 0.717) is 0 Å². The Morgan fingerprint density at radius 1 is 0.737 bits per heavy atom. The van der Waals surface area contributed by atoms with Crippen LogP contribution < -0.4 is 0 Å². The van der Waals surface area contributed by atoms with Crippen LogP contribution in [0.1, 0.15) is 22.3 Å². The molecule has 0 saturated heterocycles. The monoisotopic (exact) mass is 244 g/mol. The van der Waals surface area contributed by atoms with Crippen molar-refractivity contribution in [3.05, 3.63) is 70.8 Å². The molecule has 0 bridgehead atoms. The van der Waals surface area contributed by atoms with Crippen LogP contribution in [0.5, 0.6) is 0 Å². The third kappa shape index (κ3) is 1.40. The van der Waals surface area contributed by atoms with Crippen LogP contribution in [0.2, 0.25) is 0 Å². The lowest BCUT2D eigenvalue weighted by atomic mass is 9.98. The quantitative estimate of drug-likeness (QED) is 0.407. The van der Waals surface area contributed by atoms with E-state index in [1.165, 1.54) is 44.2 Å². The molecule has 0 atom stereocenters. The van der Waals surface area contributed by atoms with Gasteiger partial charge in [-0.3, -0.25) is 0 Å². The van der Waals surface area contributed by atoms with E-state index >= 15 is 0 Å². The molecule has 0 saturated carbocycles. The summed E-state index contributed by atoms with van der Waals surface area (Å²) in [7, 11) is 0. The van der Waals surface area contributed by atoms with Crippen molar-refractivity contribution in [3.8, 4) is 11.1 Å². The topological polar surface area (TPSA) is 0 Å². The van der Waals surface area contributed by atoms with Crippen LogP contribution in [0.4, 0.5) is 0 Å². The fraction of sp³-hybridized carbons (Fsp3) is 0.158. The van der Waals surface area contributed by atoms with E-state index < -0.39 is 0 Å². The Morgan fingerprint density at radius 3 is 2.37 bits per heavy atom. The number of hydrogen-bond acceptors (Lipinski definition) is 0. The van der Waals surface area contributed by atoms with Crippen molar-refractivity contribution >= 4 is 10.8 Å². The van der Waals surface area contributed by atoms with Crippen LogP contribution >= 0.6 is 0 Å². The van der Waals surface area contributed by atoms with E-state index in [0.717, 1.165) is 6.42 Å². The van der Waals surface area contributed by atoms with E-state index in [1.54, 1.807) is 0 Å². The molecule has 1 aliphatic carbocycles. The van der Waals surface area contributed by atoms with Crippen LogP contribution in [0.3, 0.4) is 0 Å². The summed E-state index contributed by atoms with van der Waals surface area (Å²) in [6.45, 7) is 4.46. The van der Waals surface area contributed by atoms with Crippen molar-refractivity contribution in [2.45, 2.75) is 20.3 Å². The van der Waals surface area contributed by atoms with Gasteiger partial charge in [0.2, 0.25) is 0 Å². The standard InChI is InChI=1S/C19H16/c1-12-7-9-16-17-10-8-14-5-3-4-6-15(14)19(17)11-18(16)13(12)2/h3-10H,11H2,1-2H3. The minimum Gasteiger partial charge on any atom is -0.0616 e. The number of rotatable bonds is 0. The van der Waals surface area contributed by atoms with Gasteiger partial charge in [-0.2, -0.15) is 0 Å². The van der Waals surface area contributed by atoms with Gasteiger partial charge in [-0.1, -0.05) is 48.5 Å². The first-order valence-electron chi connectivity index (χ1n) is 6.86. The predicted molar refractivity (Wildman–Crippen MR) is 81.7 cm³/mol. The fourth-order valence-electron chi connectivity index (χ4n) is 3.31. The third-order valence-corrected chi connectivity index (χ3v) is 4.55. The van der Waals surface area contributed by atoms with Gasteiger partial charge in [0.05, 0.1) is 0 Å². The molecule has 0 fully saturated rings. The van der Waals surface area contributed by atoms with Gasteiger partial charge in [-0.15, -0.1) is 0 Å². The first-order chi connectivity index (χ1) is 9.25. The molecule has 0 heterocycles. The summed E-state index contributed by atoms with van der Waals surface area (Å²) in [5.74, 6) is 0. The Kier molecular flexibility index (Phi) is 2.11. The van der Waals surface area contributed by atoms with Crippen molar-refractivity contribution in [1.82, 2.24) is 0 Å². The summed E-state index contributed by atoms with van der Waals surface area (Å²) in [5, 5.41) is 2.76. The number of hydrogen-bond donors (Lipinski definition) is 0. The van der Waals surface area contributed by atoms with Gasteiger partial charge in [0.25, 0.3) is 0 Å². The number of fused-ring (bicyclic) bond motifs is 5. The lowest BCUT2D eigenvalue weighted by Crippen LogP contribution is -1.89. The molecule has 92 valence electrons. The molecular weight excluding hydrogens is 228 g/mol. The highest BCUT2D eigenvalue weighted by atomic mass is 14.3. The molecule has 0 unspecified atom stereocenters. The smallest absolute Gasteiger partial charge is 0.000456 e. The molecule has 19 heavy (non-hydrogen) atoms. The zero-order valence-electron chi connectivity index (χ0n) is 11.3. The summed E-state index contributed by atoms with van der Waals surface area (Å²) in [6, 6.07) is 17.8. The summed E-state index contributed by atoms with van der Waals surface area (Å²) < 4.78 is 0. The van der Waals surface area contributed by atoms with E-state index in [4.69, 9.17) is 0 Å². The molecule has 0 spiro atoms. The van der Waals surface area contributed by atoms with Crippen LogP contribution in [0.15, 0.2) is 48.5 Å². The first kappa shape index (κ1) is 10.8. The molecule has 0 N–H and O–H groups in total. The van der Waals surface area contributed by atoms with E-state index in [1.807, 2.05) is 0 Å². The van der Waals surface area contributed by atoms with Gasteiger partial charge in [-0.05, 0) is 64.4 Å². The van der Waals surface area contributed by atoms with E-state index in [9.17, 15) is 0 Å². The van der Waals surface area contributed by atoms with Gasteiger partial charge >= 0.3 is 0 Å². The molecule has 0 aliphatic heterocycles. The van der Waals surface area contributed by atoms with Crippen molar-refractivity contribution in [3.63, 3.8) is 0 Å². The Bertz CT molecular complexity index is 810. The normalized spacial score (nSPS) is 12.5. The van der Waals surface area contributed by atoms with Gasteiger partial charge < -0.3 is 0 Å². The highest BCUT2D eigenvalue weighted by molar-refractivity contribution is 5.95. The zero-order valence-corrected chi connectivity index (χ0v) is 11.3. The predicted octanol–water partition coefficient (Wildman–Crippen LogP) is 5.03. The van der Waals surface area contributed by atoms with Crippen molar-refractivity contribution in [2.75, 3.05) is 0 Å². The average molecular weight is 244 g/mol. The maximum Gasteiger partial charge on any atom is -0.000456 e. The molecule has 0 radical (unpaired) electrons. The molecule has 4 rings (SSSR count). The highest BCUT2D eigenvalue weighted by Gasteiger charge is 2.22. The lowest BCUT2D eigenvalue weighted by molar-refractivity contribution is 1.20. The Balaban J connectivity index is 2.07. The lowest BCUT2D eigenvalue weighted by Gasteiger charge is -2.07. The number of benzene rings is 3. The summed E-state index contributed by atoms with van der Waals surface area (Å²) in [4.78, 5) is 0. The third-order valence-electron chi connectivity index (χ3n) is 4.55. The Labute approximate surface area is 113 Å². The first-order valence-corrected chi connectivity index (χ1v) is 6.86. The average Bonchev–Trinajstić information content (AvgIpc) is 2.83. The Hall–Kier alpha value is -2.08. The van der Waals surface area contributed by atoms with Gasteiger partial charge in [0.1, 0.15) is 0 Å². The van der Waals surface area contributed by atoms with Gasteiger partial charge in [0.15, 0.2) is 0 Å². The van der Waals surface area contributed by atoms with Gasteiger partial charge in [-0.25, -0.2) is 0 Å².